The van der Waals surface area contributed by atoms with Crippen LogP contribution in [0, 0.1) is 46.3 Å². The molecule has 0 amide bonds. The van der Waals surface area contributed by atoms with Crippen LogP contribution in [0.4, 0.5) is 0 Å². The first-order chi connectivity index (χ1) is 18.6. The predicted molar refractivity (Wildman–Crippen MR) is 144 cm³/mol. The van der Waals surface area contributed by atoms with Gasteiger partial charge in [0, 0.05) is 35.9 Å². The summed E-state index contributed by atoms with van der Waals surface area (Å²) in [6.07, 6.45) is 11.0. The fraction of sp³-hybridized carbons (Fsp3) is 0.529. The lowest BCUT2D eigenvalue weighted by atomic mass is 9.19. The van der Waals surface area contributed by atoms with E-state index in [2.05, 4.69) is 60.5 Å². The largest absolute Gasteiger partial charge is 0.496 e. The van der Waals surface area contributed by atoms with Gasteiger partial charge in [-0.25, -0.2) is 0 Å². The molecule has 38 heavy (non-hydrogen) atoms. The van der Waals surface area contributed by atoms with Gasteiger partial charge in [0.25, 0.3) is 0 Å². The van der Waals surface area contributed by atoms with Gasteiger partial charge >= 0.3 is 0 Å². The van der Waals surface area contributed by atoms with Gasteiger partial charge in [-0.05, 0) is 129 Å². The summed E-state index contributed by atoms with van der Waals surface area (Å²) in [6.45, 7) is 5.42. The lowest BCUT2D eigenvalue weighted by Gasteiger charge is -2.85. The van der Waals surface area contributed by atoms with Gasteiger partial charge in [-0.2, -0.15) is 0 Å². The van der Waals surface area contributed by atoms with Crippen LogP contribution in [0.5, 0.6) is 11.5 Å². The topological polar surface area (TPSA) is 44.2 Å². The molecule has 0 aliphatic heterocycles. The Kier molecular flexibility index (Phi) is 3.48. The quantitative estimate of drug-likeness (QED) is 0.286. The molecule has 4 heteroatoms. The Bertz CT molecular complexity index is 1470. The molecule has 0 spiro atoms. The zero-order valence-corrected chi connectivity index (χ0v) is 22.5. The Hall–Kier alpha value is -2.88. The van der Waals surface area contributed by atoms with Crippen molar-refractivity contribution < 1.29 is 9.47 Å². The molecule has 1 aromatic carbocycles. The van der Waals surface area contributed by atoms with Crippen molar-refractivity contribution in [3.63, 3.8) is 0 Å². The van der Waals surface area contributed by atoms with Gasteiger partial charge in [-0.15, -0.1) is 0 Å². The van der Waals surface area contributed by atoms with Crippen molar-refractivity contribution in [1.82, 2.24) is 9.97 Å². The summed E-state index contributed by atoms with van der Waals surface area (Å²) >= 11 is 0. The Morgan fingerprint density at radius 2 is 1.13 bits per heavy atom. The van der Waals surface area contributed by atoms with Gasteiger partial charge in [0.05, 0.1) is 14.2 Å². The SMILES string of the molecule is COc1ccc(OC)c2c1[C@H]1C[C@@H]2[C@H]2[C@@H]1[C@]1(C)[C@H]3[C@H]4C[C@H]([C@@H]5c6cnccc6-c6ccncc6[C@H]45)[C@H]3[C@]21C. The molecular weight excluding hydrogens is 468 g/mol. The summed E-state index contributed by atoms with van der Waals surface area (Å²) < 4.78 is 11.9. The fourth-order valence-electron chi connectivity index (χ4n) is 13.4. The van der Waals surface area contributed by atoms with Crippen molar-refractivity contribution in [2.45, 2.75) is 50.4 Å². The zero-order valence-electron chi connectivity index (χ0n) is 22.5. The van der Waals surface area contributed by atoms with E-state index in [4.69, 9.17) is 9.47 Å². The highest BCUT2D eigenvalue weighted by Gasteiger charge is 2.90. The van der Waals surface area contributed by atoms with E-state index in [0.29, 0.717) is 34.5 Å². The number of rotatable bonds is 2. The molecule has 192 valence electrons. The summed E-state index contributed by atoms with van der Waals surface area (Å²) in [4.78, 5) is 9.32. The first kappa shape index (κ1) is 21.0. The third-order valence-electron chi connectivity index (χ3n) is 14.0. The highest BCUT2D eigenvalue weighted by molar-refractivity contribution is 5.75. The molecule has 7 aliphatic rings. The van der Waals surface area contributed by atoms with Gasteiger partial charge in [-0.3, -0.25) is 9.97 Å². The minimum Gasteiger partial charge on any atom is -0.496 e. The maximum absolute atomic E-state index is 5.97. The minimum absolute atomic E-state index is 0.412. The number of benzene rings is 1. The Morgan fingerprint density at radius 3 is 1.58 bits per heavy atom. The van der Waals surface area contributed by atoms with Gasteiger partial charge in [0.1, 0.15) is 11.5 Å². The predicted octanol–water partition coefficient (Wildman–Crippen LogP) is 6.78. The van der Waals surface area contributed by atoms with Crippen LogP contribution in [0.25, 0.3) is 11.1 Å². The number of pyridine rings is 2. The summed E-state index contributed by atoms with van der Waals surface area (Å²) in [5.74, 6) is 9.32. The molecule has 0 saturated heterocycles. The molecule has 4 nitrogen and oxygen atoms in total. The molecule has 10 rings (SSSR count). The first-order valence-corrected chi connectivity index (χ1v) is 14.7. The van der Waals surface area contributed by atoms with Crippen LogP contribution >= 0.6 is 0 Å². The molecule has 5 fully saturated rings. The Labute approximate surface area is 224 Å². The third-order valence-corrected chi connectivity index (χ3v) is 14.0. The molecule has 7 aliphatic carbocycles. The average molecular weight is 503 g/mol. The lowest BCUT2D eigenvalue weighted by molar-refractivity contribution is -0.365. The van der Waals surface area contributed by atoms with Gasteiger partial charge in [0.2, 0.25) is 0 Å². The third kappa shape index (κ3) is 1.82. The van der Waals surface area contributed by atoms with Crippen molar-refractivity contribution in [2.75, 3.05) is 14.2 Å². The number of hydrogen-bond donors (Lipinski definition) is 0. The van der Waals surface area contributed by atoms with E-state index in [1.165, 1.54) is 46.2 Å². The highest BCUT2D eigenvalue weighted by Crippen LogP contribution is 2.96. The van der Waals surface area contributed by atoms with E-state index >= 15 is 0 Å². The molecule has 3 aromatic rings. The molecule has 0 radical (unpaired) electrons. The van der Waals surface area contributed by atoms with E-state index in [-0.39, 0.29) is 0 Å². The molecule has 0 unspecified atom stereocenters. The van der Waals surface area contributed by atoms with Crippen LogP contribution < -0.4 is 9.47 Å². The van der Waals surface area contributed by atoms with E-state index < -0.39 is 0 Å². The van der Waals surface area contributed by atoms with E-state index in [9.17, 15) is 0 Å². The second kappa shape index (κ2) is 6.29. The summed E-state index contributed by atoms with van der Waals surface area (Å²) in [5.41, 5.74) is 9.64. The molecule has 5 saturated carbocycles. The van der Waals surface area contributed by atoms with Crippen LogP contribution in [0.3, 0.4) is 0 Å². The Balaban J connectivity index is 1.13. The maximum atomic E-state index is 5.97. The fourth-order valence-corrected chi connectivity index (χ4v) is 13.4. The number of ether oxygens (including phenoxy) is 2. The molecule has 4 bridgehead atoms. The number of aromatic nitrogens is 2. The molecule has 2 heterocycles. The molecule has 0 N–H and O–H groups in total. The van der Waals surface area contributed by atoms with Gasteiger partial charge < -0.3 is 9.47 Å². The standard InChI is InChI=1S/C34H34N2O2/c1-33-29-17-11-18(26-22-14-36-10-8-16(22)15-7-9-35-13-21(15)25(17)26)30(29)34(33,2)32-20-12-19(31(32)33)27-23(37-3)5-6-24(38-4)28(20)27/h5-10,13-14,17-20,25-26,29-32H,11-12H2,1-4H3/t17-,18+,19+,20-,25-,26+,29-,30+,31+,32-,33-,34+. The van der Waals surface area contributed by atoms with Gasteiger partial charge in [0.15, 0.2) is 0 Å². The lowest BCUT2D eigenvalue weighted by Crippen LogP contribution is -2.80. The second-order valence-corrected chi connectivity index (χ2v) is 14.0. The first-order valence-electron chi connectivity index (χ1n) is 14.7. The zero-order chi connectivity index (χ0) is 25.3. The summed E-state index contributed by atoms with van der Waals surface area (Å²) in [5, 5.41) is 0. The number of nitrogens with zero attached hydrogens (tertiary/aromatic N) is 2. The summed E-state index contributed by atoms with van der Waals surface area (Å²) in [7, 11) is 3.68. The van der Waals surface area contributed by atoms with Crippen LogP contribution in [-0.4, -0.2) is 24.2 Å². The molecule has 2 aromatic heterocycles. The van der Waals surface area contributed by atoms with Crippen LogP contribution in [0.15, 0.2) is 49.1 Å². The highest BCUT2D eigenvalue weighted by atomic mass is 16.5. The van der Waals surface area contributed by atoms with Crippen molar-refractivity contribution >= 4 is 0 Å². The van der Waals surface area contributed by atoms with Crippen molar-refractivity contribution in [3.05, 3.63) is 71.3 Å². The minimum atomic E-state index is 0.412. The normalized spacial score (nSPS) is 46.4. The van der Waals surface area contributed by atoms with Crippen molar-refractivity contribution in [2.24, 2.45) is 46.3 Å². The second-order valence-electron chi connectivity index (χ2n) is 14.0. The van der Waals surface area contributed by atoms with E-state index in [1.807, 2.05) is 26.6 Å². The summed E-state index contributed by atoms with van der Waals surface area (Å²) in [6, 6.07) is 8.81. The number of hydrogen-bond acceptors (Lipinski definition) is 4. The van der Waals surface area contributed by atoms with Crippen LogP contribution in [0.1, 0.15) is 72.6 Å². The average Bonchev–Trinajstić information content (AvgIpc) is 3.72. The van der Waals surface area contributed by atoms with Crippen LogP contribution in [-0.2, 0) is 0 Å². The van der Waals surface area contributed by atoms with Crippen molar-refractivity contribution in [3.8, 4) is 22.6 Å². The smallest absolute Gasteiger partial charge is 0.122 e. The van der Waals surface area contributed by atoms with Crippen LogP contribution in [0.2, 0.25) is 0 Å². The molecule has 12 atom stereocenters. The van der Waals surface area contributed by atoms with E-state index in [0.717, 1.165) is 47.0 Å². The number of methoxy groups -OCH3 is 2. The maximum Gasteiger partial charge on any atom is 0.122 e. The number of fused-ring (bicyclic) bond motifs is 26. The molecular formula is C34H34N2O2. The van der Waals surface area contributed by atoms with E-state index in [1.54, 1.807) is 0 Å². The van der Waals surface area contributed by atoms with Gasteiger partial charge in [-0.1, -0.05) is 13.8 Å². The van der Waals surface area contributed by atoms with Crippen molar-refractivity contribution in [1.29, 1.82) is 0 Å². The Morgan fingerprint density at radius 1 is 0.658 bits per heavy atom. The monoisotopic (exact) mass is 502 g/mol.